The highest BCUT2D eigenvalue weighted by Gasteiger charge is 2.38. The Bertz CT molecular complexity index is 612. The van der Waals surface area contributed by atoms with Gasteiger partial charge in [0.25, 0.3) is 5.69 Å². The number of nitrogens with one attached hydrogen (secondary N) is 1. The lowest BCUT2D eigenvalue weighted by Crippen LogP contribution is -2.46. The molecule has 1 aromatic carbocycles. The van der Waals surface area contributed by atoms with Gasteiger partial charge in [0.15, 0.2) is 9.84 Å². The van der Waals surface area contributed by atoms with Crippen molar-refractivity contribution in [3.63, 3.8) is 0 Å². The van der Waals surface area contributed by atoms with Crippen molar-refractivity contribution in [2.45, 2.75) is 42.4 Å². The van der Waals surface area contributed by atoms with E-state index < -0.39 is 20.0 Å². The van der Waals surface area contributed by atoms with Crippen molar-refractivity contribution < 1.29 is 13.3 Å². The first-order chi connectivity index (χ1) is 9.86. The number of benzene rings is 1. The fourth-order valence-electron chi connectivity index (χ4n) is 2.93. The zero-order valence-corrected chi connectivity index (χ0v) is 13.0. The van der Waals surface area contributed by atoms with Crippen molar-refractivity contribution in [2.75, 3.05) is 7.05 Å². The second kappa shape index (κ2) is 6.11. The molecule has 21 heavy (non-hydrogen) atoms. The van der Waals surface area contributed by atoms with E-state index in [1.54, 1.807) is 7.05 Å². The summed E-state index contributed by atoms with van der Waals surface area (Å²) >= 11 is 0. The predicted octanol–water partition coefficient (Wildman–Crippen LogP) is 2.15. The minimum Gasteiger partial charge on any atom is -0.316 e. The van der Waals surface area contributed by atoms with Crippen LogP contribution in [0.5, 0.6) is 0 Å². The maximum atomic E-state index is 12.8. The lowest BCUT2D eigenvalue weighted by molar-refractivity contribution is -0.384. The van der Waals surface area contributed by atoms with Crippen molar-refractivity contribution >= 4 is 15.5 Å². The molecule has 3 atom stereocenters. The molecule has 1 aliphatic rings. The average Bonchev–Trinajstić information content (AvgIpc) is 2.47. The predicted molar refractivity (Wildman–Crippen MR) is 79.9 cm³/mol. The SMILES string of the molecule is CNC1CCC(C)CC1S(=O)(=O)c1ccc([N+](=O)[O-])cc1. The van der Waals surface area contributed by atoms with Crippen LogP contribution >= 0.6 is 0 Å². The Hall–Kier alpha value is -1.47. The summed E-state index contributed by atoms with van der Waals surface area (Å²) in [5.41, 5.74) is -0.101. The monoisotopic (exact) mass is 312 g/mol. The average molecular weight is 312 g/mol. The van der Waals surface area contributed by atoms with Gasteiger partial charge in [-0.05, 0) is 44.4 Å². The number of rotatable bonds is 4. The van der Waals surface area contributed by atoms with Gasteiger partial charge < -0.3 is 5.32 Å². The van der Waals surface area contributed by atoms with E-state index in [2.05, 4.69) is 12.2 Å². The smallest absolute Gasteiger partial charge is 0.269 e. The van der Waals surface area contributed by atoms with Gasteiger partial charge in [0.05, 0.1) is 15.1 Å². The first-order valence-electron chi connectivity index (χ1n) is 7.02. The quantitative estimate of drug-likeness (QED) is 0.679. The Balaban J connectivity index is 2.33. The Kier molecular flexibility index (Phi) is 4.63. The van der Waals surface area contributed by atoms with Crippen LogP contribution in [0.4, 0.5) is 5.69 Å². The fourth-order valence-corrected chi connectivity index (χ4v) is 5.09. The molecule has 3 unspecified atom stereocenters. The van der Waals surface area contributed by atoms with E-state index >= 15 is 0 Å². The molecule has 0 radical (unpaired) electrons. The zero-order chi connectivity index (χ0) is 15.6. The van der Waals surface area contributed by atoms with Gasteiger partial charge in [0.1, 0.15) is 0 Å². The molecule has 116 valence electrons. The van der Waals surface area contributed by atoms with Crippen LogP contribution in [0.1, 0.15) is 26.2 Å². The molecule has 7 heteroatoms. The highest BCUT2D eigenvalue weighted by Crippen LogP contribution is 2.32. The first kappa shape index (κ1) is 15.9. The molecule has 0 bridgehead atoms. The van der Waals surface area contributed by atoms with Crippen LogP contribution in [0.25, 0.3) is 0 Å². The van der Waals surface area contributed by atoms with E-state index in [-0.39, 0.29) is 16.6 Å². The standard InChI is InChI=1S/C14H20N2O4S/c1-10-3-8-13(15-2)14(9-10)21(19,20)12-6-4-11(5-7-12)16(17)18/h4-7,10,13-15H,3,8-9H2,1-2H3. The Morgan fingerprint density at radius 3 is 2.38 bits per heavy atom. The summed E-state index contributed by atoms with van der Waals surface area (Å²) in [4.78, 5) is 10.3. The minimum absolute atomic E-state index is 0.0682. The first-order valence-corrected chi connectivity index (χ1v) is 8.56. The van der Waals surface area contributed by atoms with Gasteiger partial charge in [-0.2, -0.15) is 0 Å². The maximum Gasteiger partial charge on any atom is 0.269 e. The summed E-state index contributed by atoms with van der Waals surface area (Å²) in [7, 11) is -1.71. The molecule has 1 fully saturated rings. The molecule has 1 N–H and O–H groups in total. The lowest BCUT2D eigenvalue weighted by Gasteiger charge is -2.34. The van der Waals surface area contributed by atoms with Gasteiger partial charge in [-0.1, -0.05) is 6.92 Å². The molecule has 1 aliphatic carbocycles. The van der Waals surface area contributed by atoms with Crippen molar-refractivity contribution in [1.29, 1.82) is 0 Å². The van der Waals surface area contributed by atoms with Crippen LogP contribution < -0.4 is 5.32 Å². The minimum atomic E-state index is -3.48. The molecule has 0 saturated heterocycles. The third-order valence-corrected chi connectivity index (χ3v) is 6.45. The maximum absolute atomic E-state index is 12.8. The second-order valence-corrected chi connectivity index (χ2v) is 7.81. The molecule has 0 aliphatic heterocycles. The third-order valence-electron chi connectivity index (χ3n) is 4.20. The second-order valence-electron chi connectivity index (χ2n) is 5.65. The number of sulfone groups is 1. The summed E-state index contributed by atoms with van der Waals surface area (Å²) in [5.74, 6) is 0.368. The van der Waals surface area contributed by atoms with Crippen molar-refractivity contribution in [1.82, 2.24) is 5.32 Å². The molecule has 0 spiro atoms. The molecule has 1 aromatic rings. The van der Waals surface area contributed by atoms with E-state index in [0.29, 0.717) is 12.3 Å². The van der Waals surface area contributed by atoms with Gasteiger partial charge in [0, 0.05) is 18.2 Å². The molecular formula is C14H20N2O4S. The molecule has 0 aromatic heterocycles. The molecule has 1 saturated carbocycles. The van der Waals surface area contributed by atoms with E-state index in [9.17, 15) is 18.5 Å². The van der Waals surface area contributed by atoms with E-state index in [4.69, 9.17) is 0 Å². The number of hydrogen-bond acceptors (Lipinski definition) is 5. The van der Waals surface area contributed by atoms with Crippen LogP contribution in [-0.4, -0.2) is 31.7 Å². The molecule has 6 nitrogen and oxygen atoms in total. The van der Waals surface area contributed by atoms with Crippen LogP contribution in [0.15, 0.2) is 29.2 Å². The summed E-state index contributed by atoms with van der Waals surface area (Å²) in [5, 5.41) is 13.3. The molecule has 0 amide bonds. The van der Waals surface area contributed by atoms with E-state index in [0.717, 1.165) is 12.8 Å². The van der Waals surface area contributed by atoms with Crippen LogP contribution in [0.3, 0.4) is 0 Å². The zero-order valence-electron chi connectivity index (χ0n) is 12.2. The van der Waals surface area contributed by atoms with Crippen molar-refractivity contribution in [2.24, 2.45) is 5.92 Å². The summed E-state index contributed by atoms with van der Waals surface area (Å²) in [6.45, 7) is 2.06. The summed E-state index contributed by atoms with van der Waals surface area (Å²) in [6.07, 6.45) is 2.46. The Morgan fingerprint density at radius 2 is 1.86 bits per heavy atom. The Morgan fingerprint density at radius 1 is 1.24 bits per heavy atom. The number of hydrogen-bond donors (Lipinski definition) is 1. The van der Waals surface area contributed by atoms with Crippen LogP contribution in [0, 0.1) is 16.0 Å². The Labute approximate surface area is 124 Å². The molecular weight excluding hydrogens is 292 g/mol. The number of non-ortho nitro benzene ring substituents is 1. The van der Waals surface area contributed by atoms with Gasteiger partial charge in [-0.15, -0.1) is 0 Å². The highest BCUT2D eigenvalue weighted by atomic mass is 32.2. The van der Waals surface area contributed by atoms with E-state index in [1.165, 1.54) is 24.3 Å². The van der Waals surface area contributed by atoms with Gasteiger partial charge in [0.2, 0.25) is 0 Å². The van der Waals surface area contributed by atoms with Gasteiger partial charge in [-0.3, -0.25) is 10.1 Å². The number of nitrogens with zero attached hydrogens (tertiary/aromatic N) is 1. The molecule has 0 heterocycles. The number of nitro groups is 1. The number of nitro benzene ring substituents is 1. The normalized spacial score (nSPS) is 26.5. The van der Waals surface area contributed by atoms with Gasteiger partial charge in [-0.25, -0.2) is 8.42 Å². The van der Waals surface area contributed by atoms with Crippen molar-refractivity contribution in [3.05, 3.63) is 34.4 Å². The van der Waals surface area contributed by atoms with E-state index in [1.807, 2.05) is 0 Å². The third kappa shape index (κ3) is 3.24. The largest absolute Gasteiger partial charge is 0.316 e. The highest BCUT2D eigenvalue weighted by molar-refractivity contribution is 7.92. The topological polar surface area (TPSA) is 89.3 Å². The van der Waals surface area contributed by atoms with Crippen molar-refractivity contribution in [3.8, 4) is 0 Å². The summed E-state index contributed by atoms with van der Waals surface area (Å²) in [6, 6.07) is 5.08. The lowest BCUT2D eigenvalue weighted by atomic mass is 9.87. The van der Waals surface area contributed by atoms with Crippen LogP contribution in [-0.2, 0) is 9.84 Å². The fraction of sp³-hybridized carbons (Fsp3) is 0.571. The van der Waals surface area contributed by atoms with Gasteiger partial charge >= 0.3 is 0 Å². The molecule has 2 rings (SSSR count). The summed E-state index contributed by atoms with van der Waals surface area (Å²) < 4.78 is 25.5. The van der Waals surface area contributed by atoms with Crippen LogP contribution in [0.2, 0.25) is 0 Å².